The van der Waals surface area contributed by atoms with Gasteiger partial charge in [0.1, 0.15) is 5.82 Å². The molecule has 128 valence electrons. The minimum Gasteiger partial charge on any atom is -0.447 e. The number of aromatic nitrogens is 1. The Kier molecular flexibility index (Phi) is 5.33. The second-order valence-electron chi connectivity index (χ2n) is 5.74. The minimum atomic E-state index is -4.45. The maximum atomic E-state index is 12.9. The summed E-state index contributed by atoms with van der Waals surface area (Å²) in [7, 11) is 0. The Morgan fingerprint density at radius 3 is 2.61 bits per heavy atom. The summed E-state index contributed by atoms with van der Waals surface area (Å²) in [6, 6.07) is 2.11. The van der Waals surface area contributed by atoms with Crippen molar-refractivity contribution < 1.29 is 22.7 Å². The van der Waals surface area contributed by atoms with E-state index in [4.69, 9.17) is 4.74 Å². The Balaban J connectivity index is 1.94. The summed E-state index contributed by atoms with van der Waals surface area (Å²) in [5, 5.41) is 2.85. The van der Waals surface area contributed by atoms with Crippen LogP contribution in [0, 0.1) is 0 Å². The maximum absolute atomic E-state index is 12.9. The average Bonchev–Trinajstić information content (AvgIpc) is 2.46. The van der Waals surface area contributed by atoms with E-state index in [1.165, 1.54) is 12.3 Å². The number of piperidine rings is 1. The van der Waals surface area contributed by atoms with Crippen LogP contribution in [0.5, 0.6) is 0 Å². The van der Waals surface area contributed by atoms with Gasteiger partial charge in [-0.1, -0.05) is 0 Å². The van der Waals surface area contributed by atoms with E-state index in [1.807, 2.05) is 0 Å². The molecule has 1 aliphatic rings. The molecule has 5 nitrogen and oxygen atoms in total. The van der Waals surface area contributed by atoms with Crippen molar-refractivity contribution in [1.82, 2.24) is 9.88 Å². The molecule has 0 aromatic carbocycles. The monoisotopic (exact) mass is 331 g/mol. The molecule has 0 atom stereocenters. The van der Waals surface area contributed by atoms with Crippen molar-refractivity contribution in [2.24, 2.45) is 0 Å². The zero-order chi connectivity index (χ0) is 17.0. The van der Waals surface area contributed by atoms with Crippen LogP contribution >= 0.6 is 0 Å². The van der Waals surface area contributed by atoms with Crippen molar-refractivity contribution in [3.8, 4) is 0 Å². The molecule has 1 aromatic heterocycles. The van der Waals surface area contributed by atoms with Crippen molar-refractivity contribution in [3.05, 3.63) is 23.9 Å². The van der Waals surface area contributed by atoms with Gasteiger partial charge in [-0.3, -0.25) is 0 Å². The van der Waals surface area contributed by atoms with Crippen molar-refractivity contribution in [2.75, 3.05) is 18.4 Å². The van der Waals surface area contributed by atoms with Crippen molar-refractivity contribution in [3.63, 3.8) is 0 Å². The lowest BCUT2D eigenvalue weighted by atomic mass is 10.0. The predicted octanol–water partition coefficient (Wildman–Crippen LogP) is 3.52. The molecule has 0 spiro atoms. The number of halogens is 3. The van der Waals surface area contributed by atoms with Crippen LogP contribution < -0.4 is 5.32 Å². The van der Waals surface area contributed by atoms with Crippen LogP contribution in [0.1, 0.15) is 32.3 Å². The summed E-state index contributed by atoms with van der Waals surface area (Å²) in [4.78, 5) is 17.1. The van der Waals surface area contributed by atoms with Crippen LogP contribution in [0.2, 0.25) is 0 Å². The van der Waals surface area contributed by atoms with Crippen LogP contribution in [0.25, 0.3) is 0 Å². The topological polar surface area (TPSA) is 54.5 Å². The molecular formula is C15H20F3N3O2. The quantitative estimate of drug-likeness (QED) is 0.921. The maximum Gasteiger partial charge on any atom is 0.419 e. The first kappa shape index (κ1) is 17.4. The molecule has 1 N–H and O–H groups in total. The van der Waals surface area contributed by atoms with E-state index >= 15 is 0 Å². The number of carbonyl (C=O) groups is 1. The fourth-order valence-corrected chi connectivity index (χ4v) is 2.42. The summed E-state index contributed by atoms with van der Waals surface area (Å²) in [6.07, 6.45) is -2.61. The summed E-state index contributed by atoms with van der Waals surface area (Å²) in [6.45, 7) is 4.42. The number of nitrogens with one attached hydrogen (secondary N) is 1. The summed E-state index contributed by atoms with van der Waals surface area (Å²) < 4.78 is 43.9. The van der Waals surface area contributed by atoms with Gasteiger partial charge >= 0.3 is 12.3 Å². The van der Waals surface area contributed by atoms with Gasteiger partial charge in [0.2, 0.25) is 0 Å². The van der Waals surface area contributed by atoms with Gasteiger partial charge < -0.3 is 15.0 Å². The fraction of sp³-hybridized carbons (Fsp3) is 0.600. The van der Waals surface area contributed by atoms with Gasteiger partial charge in [-0.15, -0.1) is 0 Å². The molecule has 8 heteroatoms. The van der Waals surface area contributed by atoms with Crippen molar-refractivity contribution >= 4 is 11.9 Å². The van der Waals surface area contributed by atoms with Gasteiger partial charge in [0.25, 0.3) is 0 Å². The number of carbonyl (C=O) groups excluding carboxylic acids is 1. The lowest BCUT2D eigenvalue weighted by molar-refractivity contribution is -0.137. The number of rotatable bonds is 3. The van der Waals surface area contributed by atoms with E-state index in [0.717, 1.165) is 6.07 Å². The zero-order valence-corrected chi connectivity index (χ0v) is 13.1. The first-order valence-corrected chi connectivity index (χ1v) is 7.51. The second kappa shape index (κ2) is 7.06. The number of pyridine rings is 1. The van der Waals surface area contributed by atoms with Crippen LogP contribution in [0.3, 0.4) is 0 Å². The number of ether oxygens (including phenoxy) is 1. The van der Waals surface area contributed by atoms with Crippen LogP contribution in [0.15, 0.2) is 18.3 Å². The molecule has 1 fully saturated rings. The number of likely N-dealkylation sites (tertiary alicyclic amines) is 1. The number of nitrogens with zero attached hydrogens (tertiary/aromatic N) is 2. The van der Waals surface area contributed by atoms with Crippen molar-refractivity contribution in [2.45, 2.75) is 45.0 Å². The minimum absolute atomic E-state index is 0.158. The predicted molar refractivity (Wildman–Crippen MR) is 79.1 cm³/mol. The van der Waals surface area contributed by atoms with Gasteiger partial charge in [0, 0.05) is 25.3 Å². The summed E-state index contributed by atoms with van der Waals surface area (Å²) in [5.41, 5.74) is -0.776. The molecule has 2 rings (SSSR count). The average molecular weight is 331 g/mol. The van der Waals surface area contributed by atoms with Crippen molar-refractivity contribution in [1.29, 1.82) is 0 Å². The molecule has 0 unspecified atom stereocenters. The van der Waals surface area contributed by atoms with Gasteiger partial charge in [0.05, 0.1) is 11.7 Å². The van der Waals surface area contributed by atoms with E-state index < -0.39 is 11.7 Å². The molecule has 2 heterocycles. The molecule has 1 saturated heterocycles. The number of hydrogen-bond donors (Lipinski definition) is 1. The molecule has 0 saturated carbocycles. The molecule has 0 radical (unpaired) electrons. The third-order valence-corrected chi connectivity index (χ3v) is 3.54. The Bertz CT molecular complexity index is 541. The summed E-state index contributed by atoms with van der Waals surface area (Å²) in [5.74, 6) is -0.164. The van der Waals surface area contributed by atoms with Crippen LogP contribution in [-0.2, 0) is 10.9 Å². The molecule has 0 aliphatic carbocycles. The SMILES string of the molecule is CC(C)OC(=O)N1CCC(Nc2ncccc2C(F)(F)F)CC1. The number of alkyl halides is 3. The van der Waals surface area contributed by atoms with Gasteiger partial charge in [-0.05, 0) is 38.8 Å². The first-order valence-electron chi connectivity index (χ1n) is 7.51. The van der Waals surface area contributed by atoms with E-state index in [1.54, 1.807) is 18.7 Å². The number of anilines is 1. The normalized spacial score (nSPS) is 16.5. The number of amides is 1. The first-order chi connectivity index (χ1) is 10.8. The third kappa shape index (κ3) is 4.74. The van der Waals surface area contributed by atoms with Crippen LogP contribution in [-0.4, -0.2) is 41.2 Å². The molecular weight excluding hydrogens is 311 g/mol. The third-order valence-electron chi connectivity index (χ3n) is 3.54. The molecule has 1 aliphatic heterocycles. The Labute approximate surface area is 132 Å². The Morgan fingerprint density at radius 1 is 1.39 bits per heavy atom. The summed E-state index contributed by atoms with van der Waals surface area (Å²) >= 11 is 0. The second-order valence-corrected chi connectivity index (χ2v) is 5.74. The van der Waals surface area contributed by atoms with Gasteiger partial charge in [-0.2, -0.15) is 13.2 Å². The van der Waals surface area contributed by atoms with Crippen LogP contribution in [0.4, 0.5) is 23.8 Å². The van der Waals surface area contributed by atoms with Gasteiger partial charge in [-0.25, -0.2) is 9.78 Å². The highest BCUT2D eigenvalue weighted by molar-refractivity contribution is 5.68. The largest absolute Gasteiger partial charge is 0.447 e. The zero-order valence-electron chi connectivity index (χ0n) is 13.1. The molecule has 23 heavy (non-hydrogen) atoms. The van der Waals surface area contributed by atoms with E-state index in [2.05, 4.69) is 10.3 Å². The smallest absolute Gasteiger partial charge is 0.419 e. The molecule has 1 amide bonds. The highest BCUT2D eigenvalue weighted by Gasteiger charge is 2.35. The highest BCUT2D eigenvalue weighted by Crippen LogP contribution is 2.34. The highest BCUT2D eigenvalue weighted by atomic mass is 19.4. The number of hydrogen-bond acceptors (Lipinski definition) is 4. The van der Waals surface area contributed by atoms with E-state index in [0.29, 0.717) is 25.9 Å². The molecule has 1 aromatic rings. The van der Waals surface area contributed by atoms with E-state index in [-0.39, 0.29) is 24.1 Å². The fourth-order valence-electron chi connectivity index (χ4n) is 2.42. The standard InChI is InChI=1S/C15H20F3N3O2/c1-10(2)23-14(22)21-8-5-11(6-9-21)20-13-12(15(16,17)18)4-3-7-19-13/h3-4,7,10-11H,5-6,8-9H2,1-2H3,(H,19,20). The Hall–Kier alpha value is -1.99. The molecule has 0 bridgehead atoms. The lowest BCUT2D eigenvalue weighted by Crippen LogP contribution is -2.43. The van der Waals surface area contributed by atoms with E-state index in [9.17, 15) is 18.0 Å². The van der Waals surface area contributed by atoms with Gasteiger partial charge in [0.15, 0.2) is 0 Å². The Morgan fingerprint density at radius 2 is 2.04 bits per heavy atom. The lowest BCUT2D eigenvalue weighted by Gasteiger charge is -2.32.